The summed E-state index contributed by atoms with van der Waals surface area (Å²) in [6, 6.07) is 1.80. The van der Waals surface area contributed by atoms with Crippen LogP contribution in [-0.4, -0.2) is 16.9 Å². The highest BCUT2D eigenvalue weighted by Gasteiger charge is 1.93. The third kappa shape index (κ3) is 1.85. The maximum Gasteiger partial charge on any atom is 0.136 e. The van der Waals surface area contributed by atoms with Crippen LogP contribution in [-0.2, 0) is 6.42 Å². The Hall–Kier alpha value is -0.830. The van der Waals surface area contributed by atoms with Crippen molar-refractivity contribution in [3.63, 3.8) is 0 Å². The largest absolute Gasteiger partial charge is 0.396 e. The third-order valence-corrected chi connectivity index (χ3v) is 1.07. The number of rotatable bonds is 3. The Bertz CT molecular complexity index is 148. The van der Waals surface area contributed by atoms with Gasteiger partial charge in [-0.1, -0.05) is 5.16 Å². The van der Waals surface area contributed by atoms with Gasteiger partial charge in [0.25, 0.3) is 0 Å². The Kier molecular flexibility index (Phi) is 2.27. The average molecular weight is 127 g/mol. The standard InChI is InChI=1S/C6H9NO2/c8-5-1-2-6-3-4-7-9-6/h3-4,8H,1-2,5H2. The number of aliphatic hydroxyl groups is 1. The molecule has 1 aromatic heterocycles. The van der Waals surface area contributed by atoms with Gasteiger partial charge in [0.2, 0.25) is 0 Å². The number of hydrogen-bond donors (Lipinski definition) is 1. The minimum absolute atomic E-state index is 0.209. The van der Waals surface area contributed by atoms with E-state index in [1.54, 1.807) is 12.3 Å². The van der Waals surface area contributed by atoms with Gasteiger partial charge in [-0.05, 0) is 6.42 Å². The Labute approximate surface area is 53.3 Å². The van der Waals surface area contributed by atoms with Gasteiger partial charge in [0.05, 0.1) is 6.20 Å². The first-order valence-corrected chi connectivity index (χ1v) is 2.94. The number of aliphatic hydroxyl groups excluding tert-OH is 1. The van der Waals surface area contributed by atoms with Crippen LogP contribution in [0.3, 0.4) is 0 Å². The molecule has 0 saturated heterocycles. The Morgan fingerprint density at radius 1 is 1.67 bits per heavy atom. The highest BCUT2D eigenvalue weighted by molar-refractivity contribution is 4.92. The molecule has 1 N–H and O–H groups in total. The Balaban J connectivity index is 2.30. The van der Waals surface area contributed by atoms with Gasteiger partial charge >= 0.3 is 0 Å². The molecule has 1 aromatic rings. The zero-order valence-electron chi connectivity index (χ0n) is 5.08. The zero-order valence-corrected chi connectivity index (χ0v) is 5.08. The minimum Gasteiger partial charge on any atom is -0.396 e. The van der Waals surface area contributed by atoms with Crippen LogP contribution in [0.1, 0.15) is 12.2 Å². The molecule has 0 atom stereocenters. The fourth-order valence-electron chi connectivity index (χ4n) is 0.624. The second-order valence-electron chi connectivity index (χ2n) is 1.81. The molecule has 0 spiro atoms. The Morgan fingerprint density at radius 2 is 2.56 bits per heavy atom. The molecule has 0 unspecified atom stereocenters. The van der Waals surface area contributed by atoms with Gasteiger partial charge in [-0.25, -0.2) is 0 Å². The summed E-state index contributed by atoms with van der Waals surface area (Å²) in [5, 5.41) is 11.9. The first-order valence-electron chi connectivity index (χ1n) is 2.94. The van der Waals surface area contributed by atoms with Crippen molar-refractivity contribution < 1.29 is 9.63 Å². The van der Waals surface area contributed by atoms with E-state index in [1.165, 1.54) is 0 Å². The molecule has 0 saturated carbocycles. The van der Waals surface area contributed by atoms with E-state index in [4.69, 9.17) is 9.63 Å². The summed E-state index contributed by atoms with van der Waals surface area (Å²) in [6.07, 6.45) is 3.12. The van der Waals surface area contributed by atoms with Crippen LogP contribution in [0, 0.1) is 0 Å². The average Bonchev–Trinajstić information content (AvgIpc) is 2.34. The van der Waals surface area contributed by atoms with Gasteiger partial charge in [-0.3, -0.25) is 0 Å². The second-order valence-corrected chi connectivity index (χ2v) is 1.81. The molecule has 50 valence electrons. The fraction of sp³-hybridized carbons (Fsp3) is 0.500. The molecule has 0 radical (unpaired) electrons. The lowest BCUT2D eigenvalue weighted by atomic mass is 10.3. The summed E-state index contributed by atoms with van der Waals surface area (Å²) in [5.41, 5.74) is 0. The molecule has 1 rings (SSSR count). The van der Waals surface area contributed by atoms with Crippen LogP contribution >= 0.6 is 0 Å². The van der Waals surface area contributed by atoms with Crippen LogP contribution < -0.4 is 0 Å². The maximum absolute atomic E-state index is 8.40. The van der Waals surface area contributed by atoms with Crippen molar-refractivity contribution in [1.82, 2.24) is 5.16 Å². The first-order chi connectivity index (χ1) is 4.43. The maximum atomic E-state index is 8.40. The normalized spacial score (nSPS) is 9.89. The summed E-state index contributed by atoms with van der Waals surface area (Å²) >= 11 is 0. The number of aromatic nitrogens is 1. The van der Waals surface area contributed by atoms with Crippen LogP contribution in [0.5, 0.6) is 0 Å². The molecule has 0 aliphatic carbocycles. The predicted octanol–water partition coefficient (Wildman–Crippen LogP) is 0.599. The van der Waals surface area contributed by atoms with E-state index in [0.29, 0.717) is 0 Å². The molecular weight excluding hydrogens is 118 g/mol. The van der Waals surface area contributed by atoms with Gasteiger partial charge in [-0.2, -0.15) is 0 Å². The lowest BCUT2D eigenvalue weighted by Crippen LogP contribution is -1.85. The van der Waals surface area contributed by atoms with Gasteiger partial charge in [-0.15, -0.1) is 0 Å². The highest BCUT2D eigenvalue weighted by atomic mass is 16.5. The monoisotopic (exact) mass is 127 g/mol. The Morgan fingerprint density at radius 3 is 3.11 bits per heavy atom. The summed E-state index contributed by atoms with van der Waals surface area (Å²) in [6.45, 7) is 0.209. The van der Waals surface area contributed by atoms with E-state index in [1.807, 2.05) is 0 Å². The first kappa shape index (κ1) is 6.29. The van der Waals surface area contributed by atoms with E-state index in [9.17, 15) is 0 Å². The van der Waals surface area contributed by atoms with Crippen molar-refractivity contribution in [2.45, 2.75) is 12.8 Å². The van der Waals surface area contributed by atoms with Crippen molar-refractivity contribution in [2.75, 3.05) is 6.61 Å². The van der Waals surface area contributed by atoms with Gasteiger partial charge in [0.1, 0.15) is 5.76 Å². The summed E-state index contributed by atoms with van der Waals surface area (Å²) in [4.78, 5) is 0. The quantitative estimate of drug-likeness (QED) is 0.646. The van der Waals surface area contributed by atoms with E-state index in [2.05, 4.69) is 5.16 Å². The molecule has 0 bridgehead atoms. The highest BCUT2D eigenvalue weighted by Crippen LogP contribution is 1.99. The molecule has 0 amide bonds. The van der Waals surface area contributed by atoms with Crippen LogP contribution in [0.4, 0.5) is 0 Å². The van der Waals surface area contributed by atoms with E-state index < -0.39 is 0 Å². The molecule has 0 aromatic carbocycles. The molecule has 0 aliphatic heterocycles. The number of hydrogen-bond acceptors (Lipinski definition) is 3. The summed E-state index contributed by atoms with van der Waals surface area (Å²) in [5.74, 6) is 0.837. The van der Waals surface area contributed by atoms with E-state index in [-0.39, 0.29) is 6.61 Å². The van der Waals surface area contributed by atoms with Crippen LogP contribution in [0.25, 0.3) is 0 Å². The number of nitrogens with zero attached hydrogens (tertiary/aromatic N) is 1. The van der Waals surface area contributed by atoms with Gasteiger partial charge in [0, 0.05) is 19.1 Å². The molecule has 3 heteroatoms. The summed E-state index contributed by atoms with van der Waals surface area (Å²) < 4.78 is 4.77. The van der Waals surface area contributed by atoms with Gasteiger partial charge < -0.3 is 9.63 Å². The van der Waals surface area contributed by atoms with Gasteiger partial charge in [0.15, 0.2) is 0 Å². The number of aryl methyl sites for hydroxylation is 1. The zero-order chi connectivity index (χ0) is 6.53. The third-order valence-electron chi connectivity index (χ3n) is 1.07. The lowest BCUT2D eigenvalue weighted by molar-refractivity contribution is 0.280. The minimum atomic E-state index is 0.209. The molecule has 3 nitrogen and oxygen atoms in total. The van der Waals surface area contributed by atoms with Crippen molar-refractivity contribution in [1.29, 1.82) is 0 Å². The molecule has 9 heavy (non-hydrogen) atoms. The topological polar surface area (TPSA) is 46.3 Å². The van der Waals surface area contributed by atoms with E-state index in [0.717, 1.165) is 18.6 Å². The van der Waals surface area contributed by atoms with Crippen molar-refractivity contribution in [2.24, 2.45) is 0 Å². The SMILES string of the molecule is OCCCc1ccno1. The lowest BCUT2D eigenvalue weighted by Gasteiger charge is -1.88. The van der Waals surface area contributed by atoms with Crippen LogP contribution in [0.2, 0.25) is 0 Å². The van der Waals surface area contributed by atoms with Crippen LogP contribution in [0.15, 0.2) is 16.8 Å². The molecular formula is C6H9NO2. The predicted molar refractivity (Wildman–Crippen MR) is 31.9 cm³/mol. The van der Waals surface area contributed by atoms with E-state index >= 15 is 0 Å². The molecule has 1 heterocycles. The van der Waals surface area contributed by atoms with Crippen molar-refractivity contribution >= 4 is 0 Å². The second kappa shape index (κ2) is 3.25. The fourth-order valence-corrected chi connectivity index (χ4v) is 0.624. The molecule has 0 fully saturated rings. The molecule has 0 aliphatic rings. The summed E-state index contributed by atoms with van der Waals surface area (Å²) in [7, 11) is 0. The van der Waals surface area contributed by atoms with Crippen molar-refractivity contribution in [3.05, 3.63) is 18.0 Å². The van der Waals surface area contributed by atoms with Crippen molar-refractivity contribution in [3.8, 4) is 0 Å². The smallest absolute Gasteiger partial charge is 0.136 e.